The van der Waals surface area contributed by atoms with E-state index in [1.165, 1.54) is 11.8 Å². The van der Waals surface area contributed by atoms with E-state index in [0.29, 0.717) is 5.70 Å². The van der Waals surface area contributed by atoms with E-state index in [1.807, 2.05) is 0 Å². The highest BCUT2D eigenvalue weighted by Gasteiger charge is 2.29. The zero-order valence-corrected chi connectivity index (χ0v) is 6.17. The van der Waals surface area contributed by atoms with Crippen molar-refractivity contribution in [2.75, 3.05) is 0 Å². The molecule has 1 unspecified atom stereocenters. The lowest BCUT2D eigenvalue weighted by Crippen LogP contribution is -2.38. The molecule has 0 aromatic rings. The average molecular weight is 161 g/mol. The summed E-state index contributed by atoms with van der Waals surface area (Å²) in [5.41, 5.74) is 5.39. The standard InChI is InChI=1S/C4H7N3O2S/c1-3-2-10-4(5)6(3)7(8)9/h2,4H,5H2,1H3. The summed E-state index contributed by atoms with van der Waals surface area (Å²) in [7, 11) is 0. The summed E-state index contributed by atoms with van der Waals surface area (Å²) in [6.07, 6.45) is 0. The summed E-state index contributed by atoms with van der Waals surface area (Å²) in [6.45, 7) is 1.66. The van der Waals surface area contributed by atoms with Crippen molar-refractivity contribution in [3.05, 3.63) is 21.2 Å². The van der Waals surface area contributed by atoms with Crippen molar-refractivity contribution in [1.29, 1.82) is 0 Å². The number of nitro groups is 1. The first-order chi connectivity index (χ1) is 4.63. The topological polar surface area (TPSA) is 72.4 Å². The molecule has 2 N–H and O–H groups in total. The van der Waals surface area contributed by atoms with Crippen LogP contribution in [0.25, 0.3) is 0 Å². The number of hydrazine groups is 1. The van der Waals surface area contributed by atoms with Crippen molar-refractivity contribution in [2.24, 2.45) is 5.73 Å². The molecule has 0 saturated carbocycles. The van der Waals surface area contributed by atoms with Gasteiger partial charge in [-0.2, -0.15) is 0 Å². The molecular weight excluding hydrogens is 154 g/mol. The van der Waals surface area contributed by atoms with Gasteiger partial charge in [0.2, 0.25) is 0 Å². The molecule has 10 heavy (non-hydrogen) atoms. The highest BCUT2D eigenvalue weighted by molar-refractivity contribution is 8.02. The normalized spacial score (nSPS) is 24.8. The number of nitrogens with zero attached hydrogens (tertiary/aromatic N) is 2. The van der Waals surface area contributed by atoms with Crippen LogP contribution in [-0.4, -0.2) is 15.5 Å². The van der Waals surface area contributed by atoms with E-state index in [4.69, 9.17) is 5.73 Å². The smallest absolute Gasteiger partial charge is 0.193 e. The van der Waals surface area contributed by atoms with Crippen LogP contribution < -0.4 is 5.73 Å². The van der Waals surface area contributed by atoms with Crippen molar-refractivity contribution >= 4 is 11.8 Å². The van der Waals surface area contributed by atoms with Crippen molar-refractivity contribution in [2.45, 2.75) is 12.4 Å². The molecule has 0 bridgehead atoms. The molecule has 5 nitrogen and oxygen atoms in total. The molecule has 0 saturated heterocycles. The fourth-order valence-electron chi connectivity index (χ4n) is 0.702. The summed E-state index contributed by atoms with van der Waals surface area (Å²) in [6, 6.07) is 0. The Kier molecular flexibility index (Phi) is 1.82. The van der Waals surface area contributed by atoms with Crippen LogP contribution in [0.3, 0.4) is 0 Å². The van der Waals surface area contributed by atoms with Crippen molar-refractivity contribution in [3.63, 3.8) is 0 Å². The summed E-state index contributed by atoms with van der Waals surface area (Å²) >= 11 is 1.24. The molecule has 0 radical (unpaired) electrons. The molecule has 1 aliphatic heterocycles. The first-order valence-corrected chi connectivity index (χ1v) is 3.58. The first kappa shape index (κ1) is 7.36. The number of allylic oxidation sites excluding steroid dienone is 1. The fourth-order valence-corrected chi connectivity index (χ4v) is 1.51. The van der Waals surface area contributed by atoms with Crippen LogP contribution in [0.4, 0.5) is 0 Å². The molecule has 1 heterocycles. The van der Waals surface area contributed by atoms with Crippen LogP contribution in [0.1, 0.15) is 6.92 Å². The predicted octanol–water partition coefficient (Wildman–Crippen LogP) is 0.331. The third kappa shape index (κ3) is 1.07. The second kappa shape index (κ2) is 2.47. The summed E-state index contributed by atoms with van der Waals surface area (Å²) in [4.78, 5) is 10.2. The minimum Gasteiger partial charge on any atom is -0.297 e. The molecular formula is C4H7N3O2S. The van der Waals surface area contributed by atoms with E-state index in [2.05, 4.69) is 0 Å². The molecule has 0 spiro atoms. The van der Waals surface area contributed by atoms with Crippen molar-refractivity contribution in [1.82, 2.24) is 5.01 Å². The van der Waals surface area contributed by atoms with Gasteiger partial charge in [0.1, 0.15) is 0 Å². The Hall–Kier alpha value is -0.750. The predicted molar refractivity (Wildman–Crippen MR) is 38.2 cm³/mol. The maximum atomic E-state index is 10.2. The third-order valence-electron chi connectivity index (χ3n) is 1.16. The maximum Gasteiger partial charge on any atom is 0.193 e. The lowest BCUT2D eigenvalue weighted by molar-refractivity contribution is -0.646. The molecule has 0 amide bonds. The zero-order valence-electron chi connectivity index (χ0n) is 5.35. The summed E-state index contributed by atoms with van der Waals surface area (Å²) in [5.74, 6) is 0. The van der Waals surface area contributed by atoms with E-state index in [9.17, 15) is 10.1 Å². The largest absolute Gasteiger partial charge is 0.297 e. The molecule has 56 valence electrons. The van der Waals surface area contributed by atoms with Crippen LogP contribution >= 0.6 is 11.8 Å². The van der Waals surface area contributed by atoms with Crippen LogP contribution in [0.15, 0.2) is 11.1 Å². The van der Waals surface area contributed by atoms with Gasteiger partial charge in [-0.05, 0) is 12.3 Å². The van der Waals surface area contributed by atoms with Gasteiger partial charge in [-0.25, -0.2) is 10.1 Å². The Labute approximate surface area is 62.0 Å². The Balaban J connectivity index is 2.74. The maximum absolute atomic E-state index is 10.2. The number of thioether (sulfide) groups is 1. The van der Waals surface area contributed by atoms with Crippen molar-refractivity contribution in [3.8, 4) is 0 Å². The van der Waals surface area contributed by atoms with E-state index >= 15 is 0 Å². The molecule has 0 fully saturated rings. The average Bonchev–Trinajstić information content (AvgIpc) is 2.11. The third-order valence-corrected chi connectivity index (χ3v) is 2.11. The SMILES string of the molecule is CC1=CSC(N)N1[N+](=O)[O-]. The fraction of sp³-hybridized carbons (Fsp3) is 0.500. The minimum absolute atomic E-state index is 0.503. The number of nitrogens with two attached hydrogens (primary N) is 1. The molecule has 0 aliphatic carbocycles. The molecule has 6 heteroatoms. The van der Waals surface area contributed by atoms with Gasteiger partial charge in [-0.3, -0.25) is 5.73 Å². The second-order valence-electron chi connectivity index (χ2n) is 1.87. The van der Waals surface area contributed by atoms with E-state index in [1.54, 1.807) is 12.3 Å². The lowest BCUT2D eigenvalue weighted by Gasteiger charge is -2.11. The highest BCUT2D eigenvalue weighted by atomic mass is 32.2. The quantitative estimate of drug-likeness (QED) is 0.443. The summed E-state index contributed by atoms with van der Waals surface area (Å²) < 4.78 is 0. The van der Waals surface area contributed by atoms with Gasteiger partial charge in [-0.15, -0.1) is 0 Å². The Morgan fingerprint density at radius 2 is 2.60 bits per heavy atom. The number of hydrogen-bond donors (Lipinski definition) is 1. The monoisotopic (exact) mass is 161 g/mol. The van der Waals surface area contributed by atoms with E-state index in [0.717, 1.165) is 5.01 Å². The lowest BCUT2D eigenvalue weighted by atomic mass is 10.5. The van der Waals surface area contributed by atoms with Gasteiger partial charge in [0.05, 0.1) is 5.70 Å². The molecule has 1 aliphatic rings. The molecule has 1 rings (SSSR count). The van der Waals surface area contributed by atoms with Gasteiger partial charge in [0.25, 0.3) is 0 Å². The van der Waals surface area contributed by atoms with Crippen LogP contribution in [-0.2, 0) is 0 Å². The minimum atomic E-state index is -0.560. The Morgan fingerprint density at radius 3 is 2.80 bits per heavy atom. The van der Waals surface area contributed by atoms with Crippen LogP contribution in [0.5, 0.6) is 0 Å². The zero-order chi connectivity index (χ0) is 7.72. The highest BCUT2D eigenvalue weighted by Crippen LogP contribution is 2.26. The Bertz CT molecular complexity index is 193. The summed E-state index contributed by atoms with van der Waals surface area (Å²) in [5, 5.41) is 12.3. The van der Waals surface area contributed by atoms with Gasteiger partial charge in [-0.1, -0.05) is 16.8 Å². The van der Waals surface area contributed by atoms with Gasteiger partial charge >= 0.3 is 0 Å². The first-order valence-electron chi connectivity index (χ1n) is 2.64. The molecule has 0 aromatic heterocycles. The van der Waals surface area contributed by atoms with Crippen LogP contribution in [0, 0.1) is 10.1 Å². The second-order valence-corrected chi connectivity index (χ2v) is 2.86. The number of hydrogen-bond acceptors (Lipinski definition) is 4. The van der Waals surface area contributed by atoms with Crippen molar-refractivity contribution < 1.29 is 5.03 Å². The van der Waals surface area contributed by atoms with Gasteiger partial charge in [0.15, 0.2) is 10.5 Å². The van der Waals surface area contributed by atoms with Gasteiger partial charge < -0.3 is 0 Å². The van der Waals surface area contributed by atoms with E-state index in [-0.39, 0.29) is 0 Å². The number of rotatable bonds is 1. The molecule has 1 atom stereocenters. The molecule has 0 aromatic carbocycles. The van der Waals surface area contributed by atoms with Crippen LogP contribution in [0.2, 0.25) is 0 Å². The van der Waals surface area contributed by atoms with E-state index < -0.39 is 10.5 Å². The Morgan fingerprint density at radius 1 is 2.00 bits per heavy atom. The van der Waals surface area contributed by atoms with Gasteiger partial charge in [0, 0.05) is 0 Å².